The van der Waals surface area contributed by atoms with Gasteiger partial charge in [-0.1, -0.05) is 30.3 Å². The summed E-state index contributed by atoms with van der Waals surface area (Å²) in [6, 6.07) is 6.93. The predicted octanol–water partition coefficient (Wildman–Crippen LogP) is 0.723. The minimum absolute atomic E-state index is 0.0760. The van der Waals surface area contributed by atoms with Gasteiger partial charge < -0.3 is 0 Å². The van der Waals surface area contributed by atoms with Gasteiger partial charge in [0, 0.05) is 12.0 Å². The number of carbonyl (C=O) groups excluding carboxylic acids is 3. The molecule has 1 saturated heterocycles. The quantitative estimate of drug-likeness (QED) is 0.664. The van der Waals surface area contributed by atoms with Crippen molar-refractivity contribution >= 4 is 17.6 Å². The standard InChI is InChI=1S/C13H9NO3/c15-10-5-6-13(7-11(16)14-12(13)17)9-4-2-1-3-8(9)10/h1-6H,7H2,(H,14,16,17). The van der Waals surface area contributed by atoms with Gasteiger partial charge in [0.1, 0.15) is 5.41 Å². The molecular weight excluding hydrogens is 218 g/mol. The molecule has 2 aliphatic rings. The van der Waals surface area contributed by atoms with Gasteiger partial charge in [-0.05, 0) is 11.6 Å². The van der Waals surface area contributed by atoms with E-state index in [0.29, 0.717) is 11.1 Å². The van der Waals surface area contributed by atoms with Crippen LogP contribution in [-0.2, 0) is 15.0 Å². The maximum Gasteiger partial charge on any atom is 0.241 e. The lowest BCUT2D eigenvalue weighted by Crippen LogP contribution is -2.37. The number of nitrogens with one attached hydrogen (secondary N) is 1. The normalized spacial score (nSPS) is 26.2. The molecule has 4 heteroatoms. The van der Waals surface area contributed by atoms with Crippen molar-refractivity contribution in [3.05, 3.63) is 47.5 Å². The molecule has 2 amide bonds. The van der Waals surface area contributed by atoms with Crippen LogP contribution in [0.4, 0.5) is 0 Å². The van der Waals surface area contributed by atoms with Crippen LogP contribution in [0.25, 0.3) is 0 Å². The molecule has 1 aliphatic heterocycles. The Morgan fingerprint density at radius 2 is 1.88 bits per heavy atom. The third-order valence-corrected chi connectivity index (χ3v) is 3.29. The molecule has 0 aromatic heterocycles. The Balaban J connectivity index is 2.27. The van der Waals surface area contributed by atoms with Crippen molar-refractivity contribution in [1.29, 1.82) is 0 Å². The van der Waals surface area contributed by atoms with Gasteiger partial charge in [-0.2, -0.15) is 0 Å². The van der Waals surface area contributed by atoms with E-state index in [9.17, 15) is 14.4 Å². The molecule has 1 aromatic carbocycles. The van der Waals surface area contributed by atoms with Crippen molar-refractivity contribution in [2.45, 2.75) is 11.8 Å². The number of imide groups is 1. The summed E-state index contributed by atoms with van der Waals surface area (Å²) in [5, 5.41) is 2.29. The van der Waals surface area contributed by atoms with Crippen LogP contribution in [-0.4, -0.2) is 17.6 Å². The zero-order chi connectivity index (χ0) is 12.0. The molecule has 84 valence electrons. The van der Waals surface area contributed by atoms with Crippen LogP contribution >= 0.6 is 0 Å². The second-order valence-electron chi connectivity index (χ2n) is 4.27. The SMILES string of the molecule is O=C1CC2(C=CC(=O)c3ccccc32)C(=O)N1. The Bertz CT molecular complexity index is 588. The average Bonchev–Trinajstić information content (AvgIpc) is 2.61. The molecule has 1 aromatic rings. The second kappa shape index (κ2) is 3.13. The third kappa shape index (κ3) is 1.21. The number of allylic oxidation sites excluding steroid dienone is 1. The van der Waals surface area contributed by atoms with E-state index in [-0.39, 0.29) is 24.0 Å². The number of amides is 2. The average molecular weight is 227 g/mol. The molecule has 0 radical (unpaired) electrons. The summed E-state index contributed by atoms with van der Waals surface area (Å²) in [5.41, 5.74) is 0.136. The molecular formula is C13H9NO3. The summed E-state index contributed by atoms with van der Waals surface area (Å²) in [5.74, 6) is -0.777. The van der Waals surface area contributed by atoms with Gasteiger partial charge in [-0.15, -0.1) is 0 Å². The fourth-order valence-electron chi connectivity index (χ4n) is 2.45. The molecule has 4 nitrogen and oxygen atoms in total. The molecule has 17 heavy (non-hydrogen) atoms. The van der Waals surface area contributed by atoms with Crippen LogP contribution in [0.1, 0.15) is 22.3 Å². The van der Waals surface area contributed by atoms with Crippen LogP contribution in [0.5, 0.6) is 0 Å². The van der Waals surface area contributed by atoms with E-state index < -0.39 is 5.41 Å². The lowest BCUT2D eigenvalue weighted by atomic mass is 9.72. The van der Waals surface area contributed by atoms with E-state index in [1.54, 1.807) is 24.3 Å². The highest BCUT2D eigenvalue weighted by atomic mass is 16.2. The van der Waals surface area contributed by atoms with Gasteiger partial charge in [-0.3, -0.25) is 19.7 Å². The minimum atomic E-state index is -0.985. The van der Waals surface area contributed by atoms with E-state index in [1.165, 1.54) is 12.2 Å². The fourth-order valence-corrected chi connectivity index (χ4v) is 2.45. The fraction of sp³-hybridized carbons (Fsp3) is 0.154. The van der Waals surface area contributed by atoms with Gasteiger partial charge in [0.25, 0.3) is 0 Å². The highest BCUT2D eigenvalue weighted by Crippen LogP contribution is 2.38. The smallest absolute Gasteiger partial charge is 0.241 e. The van der Waals surface area contributed by atoms with E-state index in [2.05, 4.69) is 5.32 Å². The third-order valence-electron chi connectivity index (χ3n) is 3.29. The van der Waals surface area contributed by atoms with Crippen LogP contribution in [0.2, 0.25) is 0 Å². The molecule has 3 rings (SSSR count). The van der Waals surface area contributed by atoms with E-state index in [0.717, 1.165) is 0 Å². The van der Waals surface area contributed by atoms with Crippen molar-refractivity contribution in [3.63, 3.8) is 0 Å². The maximum absolute atomic E-state index is 11.9. The molecule has 1 aliphatic carbocycles. The molecule has 1 N–H and O–H groups in total. The summed E-state index contributed by atoms with van der Waals surface area (Å²) in [6.45, 7) is 0. The van der Waals surface area contributed by atoms with Crippen molar-refractivity contribution in [2.75, 3.05) is 0 Å². The first-order valence-corrected chi connectivity index (χ1v) is 5.31. The van der Waals surface area contributed by atoms with Crippen LogP contribution in [0.3, 0.4) is 0 Å². The van der Waals surface area contributed by atoms with Gasteiger partial charge in [0.2, 0.25) is 11.8 Å². The van der Waals surface area contributed by atoms with Crippen molar-refractivity contribution in [2.24, 2.45) is 0 Å². The Morgan fingerprint density at radius 3 is 2.59 bits per heavy atom. The number of ketones is 1. The van der Waals surface area contributed by atoms with E-state index in [1.807, 2.05) is 0 Å². The molecule has 1 spiro atoms. The first-order valence-electron chi connectivity index (χ1n) is 5.31. The Labute approximate surface area is 97.3 Å². The number of hydrogen-bond donors (Lipinski definition) is 1. The van der Waals surface area contributed by atoms with Crippen LogP contribution in [0, 0.1) is 0 Å². The summed E-state index contributed by atoms with van der Waals surface area (Å²) in [4.78, 5) is 35.0. The number of carbonyl (C=O) groups is 3. The lowest BCUT2D eigenvalue weighted by Gasteiger charge is -2.26. The Morgan fingerprint density at radius 1 is 1.12 bits per heavy atom. The molecule has 1 heterocycles. The summed E-state index contributed by atoms with van der Waals surface area (Å²) < 4.78 is 0. The maximum atomic E-state index is 11.9. The number of rotatable bonds is 0. The zero-order valence-corrected chi connectivity index (χ0v) is 8.90. The predicted molar refractivity (Wildman–Crippen MR) is 59.4 cm³/mol. The van der Waals surface area contributed by atoms with Gasteiger partial charge >= 0.3 is 0 Å². The highest BCUT2D eigenvalue weighted by molar-refractivity contribution is 6.16. The molecule has 0 bridgehead atoms. The number of fused-ring (bicyclic) bond motifs is 2. The number of hydrogen-bond acceptors (Lipinski definition) is 3. The largest absolute Gasteiger partial charge is 0.295 e. The molecule has 1 unspecified atom stereocenters. The first kappa shape index (κ1) is 9.96. The Hall–Kier alpha value is -2.23. The highest BCUT2D eigenvalue weighted by Gasteiger charge is 2.49. The van der Waals surface area contributed by atoms with Crippen molar-refractivity contribution in [3.8, 4) is 0 Å². The number of benzene rings is 1. The Kier molecular flexibility index (Phi) is 1.84. The van der Waals surface area contributed by atoms with Gasteiger partial charge in [0.05, 0.1) is 0 Å². The lowest BCUT2D eigenvalue weighted by molar-refractivity contribution is -0.125. The summed E-state index contributed by atoms with van der Waals surface area (Å²) in [6.07, 6.45) is 2.99. The second-order valence-corrected chi connectivity index (χ2v) is 4.27. The van der Waals surface area contributed by atoms with Gasteiger partial charge in [-0.25, -0.2) is 0 Å². The van der Waals surface area contributed by atoms with E-state index in [4.69, 9.17) is 0 Å². The monoisotopic (exact) mass is 227 g/mol. The van der Waals surface area contributed by atoms with E-state index >= 15 is 0 Å². The topological polar surface area (TPSA) is 63.2 Å². The zero-order valence-electron chi connectivity index (χ0n) is 8.90. The van der Waals surface area contributed by atoms with Crippen molar-refractivity contribution < 1.29 is 14.4 Å². The minimum Gasteiger partial charge on any atom is -0.295 e. The van der Waals surface area contributed by atoms with Crippen LogP contribution in [0.15, 0.2) is 36.4 Å². The van der Waals surface area contributed by atoms with Gasteiger partial charge in [0.15, 0.2) is 5.78 Å². The summed E-state index contributed by atoms with van der Waals surface area (Å²) in [7, 11) is 0. The van der Waals surface area contributed by atoms with Crippen LogP contribution < -0.4 is 5.32 Å². The summed E-state index contributed by atoms with van der Waals surface area (Å²) >= 11 is 0. The molecule has 1 atom stereocenters. The van der Waals surface area contributed by atoms with Crippen molar-refractivity contribution in [1.82, 2.24) is 5.32 Å². The molecule has 0 saturated carbocycles. The molecule has 1 fully saturated rings. The first-order chi connectivity index (χ1) is 8.13.